The maximum atomic E-state index is 12.2. The van der Waals surface area contributed by atoms with Gasteiger partial charge >= 0.3 is 0 Å². The van der Waals surface area contributed by atoms with E-state index in [0.717, 1.165) is 32.0 Å². The molecule has 0 atom stereocenters. The minimum Gasteiger partial charge on any atom is -0.459 e. The van der Waals surface area contributed by atoms with Crippen molar-refractivity contribution >= 4 is 23.6 Å². The van der Waals surface area contributed by atoms with Crippen LogP contribution in [0.4, 0.5) is 0 Å². The van der Waals surface area contributed by atoms with Crippen molar-refractivity contribution in [3.8, 4) is 0 Å². The first-order valence-electron chi connectivity index (χ1n) is 8.03. The molecule has 128 valence electrons. The largest absolute Gasteiger partial charge is 0.459 e. The summed E-state index contributed by atoms with van der Waals surface area (Å²) in [7, 11) is 1.81. The van der Waals surface area contributed by atoms with Gasteiger partial charge in [-0.05, 0) is 37.0 Å². The first-order valence-corrected chi connectivity index (χ1v) is 9.43. The van der Waals surface area contributed by atoms with Crippen LogP contribution < -0.4 is 5.32 Å². The summed E-state index contributed by atoms with van der Waals surface area (Å²) in [6, 6.07) is 3.45. The smallest absolute Gasteiger partial charge is 0.289 e. The normalized spacial score (nSPS) is 15.8. The summed E-state index contributed by atoms with van der Waals surface area (Å²) in [4.78, 5) is 20.6. The van der Waals surface area contributed by atoms with Gasteiger partial charge in [-0.2, -0.15) is 11.8 Å². The molecule has 0 aromatic carbocycles. The van der Waals surface area contributed by atoms with Crippen LogP contribution in [0.1, 0.15) is 23.4 Å². The molecule has 1 fully saturated rings. The molecule has 2 rings (SSSR count). The summed E-state index contributed by atoms with van der Waals surface area (Å²) in [6.07, 6.45) is 6.04. The predicted octanol–water partition coefficient (Wildman–Crippen LogP) is 1.76. The van der Waals surface area contributed by atoms with Gasteiger partial charge in [0.2, 0.25) is 0 Å². The van der Waals surface area contributed by atoms with E-state index in [9.17, 15) is 4.79 Å². The molecule has 1 aromatic rings. The number of furan rings is 1. The Labute approximate surface area is 142 Å². The Hall–Kier alpha value is -1.63. The lowest BCUT2D eigenvalue weighted by Crippen LogP contribution is -2.53. The van der Waals surface area contributed by atoms with Gasteiger partial charge in [0.1, 0.15) is 0 Å². The van der Waals surface area contributed by atoms with E-state index < -0.39 is 0 Å². The number of nitrogens with zero attached hydrogens (tertiary/aromatic N) is 3. The minimum atomic E-state index is -0.0327. The van der Waals surface area contributed by atoms with Crippen molar-refractivity contribution < 1.29 is 9.21 Å². The number of unbranched alkanes of at least 4 members (excludes halogenated alkanes) is 1. The molecule has 0 saturated carbocycles. The molecule has 1 amide bonds. The van der Waals surface area contributed by atoms with Crippen LogP contribution in [-0.4, -0.2) is 73.4 Å². The number of piperazine rings is 1. The van der Waals surface area contributed by atoms with Crippen LogP contribution in [0.3, 0.4) is 0 Å². The fourth-order valence-electron chi connectivity index (χ4n) is 2.58. The zero-order valence-electron chi connectivity index (χ0n) is 14.0. The molecule has 1 aliphatic heterocycles. The maximum absolute atomic E-state index is 12.2. The number of thioether (sulfide) groups is 1. The van der Waals surface area contributed by atoms with Crippen LogP contribution in [0.15, 0.2) is 27.8 Å². The predicted molar refractivity (Wildman–Crippen MR) is 95.2 cm³/mol. The van der Waals surface area contributed by atoms with E-state index in [1.807, 2.05) is 23.7 Å². The van der Waals surface area contributed by atoms with E-state index in [4.69, 9.17) is 4.42 Å². The number of carbonyl (C=O) groups is 1. The Balaban J connectivity index is 1.75. The molecule has 2 heterocycles. The Morgan fingerprint density at radius 2 is 2.04 bits per heavy atom. The number of aliphatic imine (C=N–C) groups is 1. The summed E-state index contributed by atoms with van der Waals surface area (Å²) in [5.41, 5.74) is 0. The molecule has 1 saturated heterocycles. The second-order valence-electron chi connectivity index (χ2n) is 5.43. The van der Waals surface area contributed by atoms with E-state index in [1.165, 1.54) is 18.4 Å². The molecule has 6 nitrogen and oxygen atoms in total. The molecule has 1 aromatic heterocycles. The Morgan fingerprint density at radius 3 is 2.65 bits per heavy atom. The number of guanidine groups is 1. The number of hydrogen-bond acceptors (Lipinski definition) is 4. The summed E-state index contributed by atoms with van der Waals surface area (Å²) < 4.78 is 5.19. The molecule has 1 aliphatic rings. The van der Waals surface area contributed by atoms with Crippen LogP contribution in [0.2, 0.25) is 0 Å². The van der Waals surface area contributed by atoms with Gasteiger partial charge in [-0.1, -0.05) is 0 Å². The highest BCUT2D eigenvalue weighted by atomic mass is 32.2. The van der Waals surface area contributed by atoms with Gasteiger partial charge in [0.25, 0.3) is 5.91 Å². The van der Waals surface area contributed by atoms with Crippen molar-refractivity contribution in [2.75, 3.05) is 51.8 Å². The lowest BCUT2D eigenvalue weighted by atomic mass is 10.3. The minimum absolute atomic E-state index is 0.0327. The first kappa shape index (κ1) is 17.7. The van der Waals surface area contributed by atoms with Gasteiger partial charge in [0, 0.05) is 39.8 Å². The van der Waals surface area contributed by atoms with E-state index >= 15 is 0 Å². The number of carbonyl (C=O) groups excluding carboxylic acids is 1. The second kappa shape index (κ2) is 9.50. The molecule has 23 heavy (non-hydrogen) atoms. The maximum Gasteiger partial charge on any atom is 0.289 e. The summed E-state index contributed by atoms with van der Waals surface area (Å²) in [5, 5.41) is 3.41. The third-order valence-electron chi connectivity index (χ3n) is 3.87. The third-order valence-corrected chi connectivity index (χ3v) is 4.57. The van der Waals surface area contributed by atoms with Crippen molar-refractivity contribution in [2.24, 2.45) is 4.99 Å². The number of hydrogen-bond donors (Lipinski definition) is 1. The highest BCUT2D eigenvalue weighted by Crippen LogP contribution is 2.09. The fourth-order valence-corrected chi connectivity index (χ4v) is 3.07. The molecule has 0 unspecified atom stereocenters. The van der Waals surface area contributed by atoms with E-state index in [2.05, 4.69) is 21.5 Å². The molecule has 0 radical (unpaired) electrons. The topological polar surface area (TPSA) is 61.1 Å². The Kier molecular flexibility index (Phi) is 7.32. The fraction of sp³-hybridized carbons (Fsp3) is 0.625. The highest BCUT2D eigenvalue weighted by molar-refractivity contribution is 7.98. The standard InChI is InChI=1S/C16H26N4O2S/c1-17-16(18-7-3-4-13-23-2)20-10-8-19(9-11-20)15(21)14-6-5-12-22-14/h5-6,12H,3-4,7-11,13H2,1-2H3,(H,17,18). The zero-order chi connectivity index (χ0) is 16.5. The van der Waals surface area contributed by atoms with Crippen LogP contribution >= 0.6 is 11.8 Å². The zero-order valence-corrected chi connectivity index (χ0v) is 14.8. The van der Waals surface area contributed by atoms with Crippen LogP contribution in [-0.2, 0) is 0 Å². The van der Waals surface area contributed by atoms with Gasteiger partial charge in [0.15, 0.2) is 11.7 Å². The average Bonchev–Trinajstić information content (AvgIpc) is 3.12. The highest BCUT2D eigenvalue weighted by Gasteiger charge is 2.24. The van der Waals surface area contributed by atoms with E-state index in [0.29, 0.717) is 18.8 Å². The van der Waals surface area contributed by atoms with E-state index in [1.54, 1.807) is 12.1 Å². The molecule has 7 heteroatoms. The number of amides is 1. The van der Waals surface area contributed by atoms with Gasteiger partial charge in [-0.3, -0.25) is 9.79 Å². The molecule has 0 bridgehead atoms. The van der Waals surface area contributed by atoms with Crippen molar-refractivity contribution in [3.63, 3.8) is 0 Å². The number of rotatable bonds is 6. The number of nitrogens with one attached hydrogen (secondary N) is 1. The second-order valence-corrected chi connectivity index (χ2v) is 6.42. The Bertz CT molecular complexity index is 496. The van der Waals surface area contributed by atoms with Crippen molar-refractivity contribution in [2.45, 2.75) is 12.8 Å². The van der Waals surface area contributed by atoms with Gasteiger partial charge < -0.3 is 19.5 Å². The summed E-state index contributed by atoms with van der Waals surface area (Å²) in [5.74, 6) is 2.51. The van der Waals surface area contributed by atoms with Gasteiger partial charge in [-0.25, -0.2) is 0 Å². The van der Waals surface area contributed by atoms with Gasteiger partial charge in [0.05, 0.1) is 6.26 Å². The van der Waals surface area contributed by atoms with E-state index in [-0.39, 0.29) is 5.91 Å². The lowest BCUT2D eigenvalue weighted by molar-refractivity contribution is 0.0658. The van der Waals surface area contributed by atoms with Crippen molar-refractivity contribution in [1.29, 1.82) is 0 Å². The lowest BCUT2D eigenvalue weighted by Gasteiger charge is -2.36. The monoisotopic (exact) mass is 338 g/mol. The van der Waals surface area contributed by atoms with Crippen LogP contribution in [0.25, 0.3) is 0 Å². The molecular formula is C16H26N4O2S. The van der Waals surface area contributed by atoms with Crippen molar-refractivity contribution in [1.82, 2.24) is 15.1 Å². The van der Waals surface area contributed by atoms with Gasteiger partial charge in [-0.15, -0.1) is 0 Å². The van der Waals surface area contributed by atoms with Crippen LogP contribution in [0, 0.1) is 0 Å². The molecular weight excluding hydrogens is 312 g/mol. The Morgan fingerprint density at radius 1 is 1.30 bits per heavy atom. The SMILES string of the molecule is CN=C(NCCCCSC)N1CCN(C(=O)c2ccco2)CC1. The van der Waals surface area contributed by atoms with Crippen LogP contribution in [0.5, 0.6) is 0 Å². The summed E-state index contributed by atoms with van der Waals surface area (Å²) >= 11 is 1.88. The first-order chi connectivity index (χ1) is 11.3. The third kappa shape index (κ3) is 5.20. The quantitative estimate of drug-likeness (QED) is 0.486. The molecule has 0 spiro atoms. The average molecular weight is 338 g/mol. The molecule has 1 N–H and O–H groups in total. The molecule has 0 aliphatic carbocycles. The van der Waals surface area contributed by atoms with Crippen molar-refractivity contribution in [3.05, 3.63) is 24.2 Å². The summed E-state index contributed by atoms with van der Waals surface area (Å²) in [6.45, 7) is 3.89.